The number of hydrogen-bond donors (Lipinski definition) is 1. The van der Waals surface area contributed by atoms with E-state index in [9.17, 15) is 4.79 Å². The summed E-state index contributed by atoms with van der Waals surface area (Å²) in [6.45, 7) is 7.22. The number of thiazole rings is 1. The van der Waals surface area contributed by atoms with E-state index in [4.69, 9.17) is 9.47 Å². The average molecular weight is 439 g/mol. The molecule has 0 radical (unpaired) electrons. The fraction of sp³-hybridized carbons (Fsp3) is 0.348. The molecule has 1 atom stereocenters. The van der Waals surface area contributed by atoms with Crippen molar-refractivity contribution in [3.63, 3.8) is 0 Å². The lowest BCUT2D eigenvalue weighted by Gasteiger charge is -2.32. The number of anilines is 1. The number of aryl methyl sites for hydroxylation is 1. The fourth-order valence-electron chi connectivity index (χ4n) is 3.38. The number of nitrogens with one attached hydrogen (secondary N) is 1. The summed E-state index contributed by atoms with van der Waals surface area (Å²) in [5, 5.41) is 5.93. The summed E-state index contributed by atoms with van der Waals surface area (Å²) < 4.78 is 11.4. The first-order valence-corrected chi connectivity index (χ1v) is 11.2. The van der Waals surface area contributed by atoms with Crippen LogP contribution in [0.4, 0.5) is 5.82 Å². The Balaban J connectivity index is 1.30. The van der Waals surface area contributed by atoms with Crippen LogP contribution < -0.4 is 15.0 Å². The van der Waals surface area contributed by atoms with Crippen LogP contribution in [-0.4, -0.2) is 41.7 Å². The molecule has 1 saturated heterocycles. The Bertz CT molecular complexity index is 1020. The molecule has 0 spiro atoms. The molecule has 0 saturated carbocycles. The maximum Gasteiger partial charge on any atom is 0.251 e. The standard InChI is InChI=1S/C23H26N4O3S/c1-16-13-27(8-9-29-16)22-7-6-18(11-24-22)12-25-23(28)19-4-3-5-21(10-19)30-14-20-15-31-17(2)26-20/h3-7,10-11,15-16H,8-9,12-14H2,1-2H3,(H,25,28). The minimum absolute atomic E-state index is 0.152. The summed E-state index contributed by atoms with van der Waals surface area (Å²) in [5.41, 5.74) is 2.39. The van der Waals surface area contributed by atoms with Crippen LogP contribution >= 0.6 is 11.3 Å². The highest BCUT2D eigenvalue weighted by molar-refractivity contribution is 7.09. The van der Waals surface area contributed by atoms with Gasteiger partial charge >= 0.3 is 0 Å². The first-order chi connectivity index (χ1) is 15.1. The smallest absolute Gasteiger partial charge is 0.251 e. The van der Waals surface area contributed by atoms with E-state index in [1.165, 1.54) is 0 Å². The van der Waals surface area contributed by atoms with E-state index in [-0.39, 0.29) is 12.0 Å². The molecule has 4 rings (SSSR count). The van der Waals surface area contributed by atoms with Gasteiger partial charge < -0.3 is 19.7 Å². The van der Waals surface area contributed by atoms with Gasteiger partial charge in [-0.1, -0.05) is 12.1 Å². The molecule has 8 heteroatoms. The second kappa shape index (κ2) is 9.89. The molecule has 1 aromatic carbocycles. The number of carbonyl (C=O) groups excluding carboxylic acids is 1. The monoisotopic (exact) mass is 438 g/mol. The molecule has 3 heterocycles. The topological polar surface area (TPSA) is 76.6 Å². The fourth-order valence-corrected chi connectivity index (χ4v) is 3.98. The van der Waals surface area contributed by atoms with Crippen molar-refractivity contribution in [1.82, 2.24) is 15.3 Å². The first kappa shape index (κ1) is 21.3. The summed E-state index contributed by atoms with van der Waals surface area (Å²) >= 11 is 1.59. The Kier molecular flexibility index (Phi) is 6.79. The molecule has 1 aliphatic heterocycles. The molecule has 1 unspecified atom stereocenters. The number of rotatable bonds is 7. The third-order valence-electron chi connectivity index (χ3n) is 4.98. The zero-order chi connectivity index (χ0) is 21.6. The SMILES string of the molecule is Cc1nc(COc2cccc(C(=O)NCc3ccc(N4CCOC(C)C4)nc3)c2)cs1. The van der Waals surface area contributed by atoms with Crippen LogP contribution in [0.15, 0.2) is 48.0 Å². The van der Waals surface area contributed by atoms with Gasteiger partial charge in [-0.2, -0.15) is 0 Å². The number of pyridine rings is 1. The summed E-state index contributed by atoms with van der Waals surface area (Å²) in [4.78, 5) is 23.7. The Morgan fingerprint density at radius 3 is 3.00 bits per heavy atom. The highest BCUT2D eigenvalue weighted by Gasteiger charge is 2.17. The van der Waals surface area contributed by atoms with E-state index in [2.05, 4.69) is 27.1 Å². The lowest BCUT2D eigenvalue weighted by atomic mass is 10.2. The van der Waals surface area contributed by atoms with E-state index in [0.29, 0.717) is 31.1 Å². The maximum absolute atomic E-state index is 12.6. The van der Waals surface area contributed by atoms with Crippen molar-refractivity contribution in [1.29, 1.82) is 0 Å². The third kappa shape index (κ3) is 5.80. The summed E-state index contributed by atoms with van der Waals surface area (Å²) in [6.07, 6.45) is 2.02. The number of carbonyl (C=O) groups is 1. The summed E-state index contributed by atoms with van der Waals surface area (Å²) in [5.74, 6) is 1.43. The minimum atomic E-state index is -0.152. The van der Waals surface area contributed by atoms with Crippen molar-refractivity contribution in [3.05, 3.63) is 69.8 Å². The van der Waals surface area contributed by atoms with Gasteiger partial charge in [-0.3, -0.25) is 4.79 Å². The lowest BCUT2D eigenvalue weighted by molar-refractivity contribution is 0.0529. The Labute approximate surface area is 186 Å². The van der Waals surface area contributed by atoms with Gasteiger partial charge in [0.05, 0.1) is 23.4 Å². The van der Waals surface area contributed by atoms with Gasteiger partial charge in [-0.05, 0) is 43.7 Å². The van der Waals surface area contributed by atoms with Crippen molar-refractivity contribution >= 4 is 23.1 Å². The van der Waals surface area contributed by atoms with Crippen LogP contribution in [0.25, 0.3) is 0 Å². The molecule has 3 aromatic rings. The van der Waals surface area contributed by atoms with Crippen LogP contribution in [0.2, 0.25) is 0 Å². The number of aromatic nitrogens is 2. The predicted molar refractivity (Wildman–Crippen MR) is 121 cm³/mol. The molecule has 2 aromatic heterocycles. The van der Waals surface area contributed by atoms with Crippen LogP contribution in [0.3, 0.4) is 0 Å². The van der Waals surface area contributed by atoms with Gasteiger partial charge in [0.15, 0.2) is 0 Å². The number of benzene rings is 1. The second-order valence-corrected chi connectivity index (χ2v) is 8.57. The van der Waals surface area contributed by atoms with Gasteiger partial charge in [-0.25, -0.2) is 9.97 Å². The number of ether oxygens (including phenoxy) is 2. The highest BCUT2D eigenvalue weighted by atomic mass is 32.1. The Hall–Kier alpha value is -2.97. The van der Waals surface area contributed by atoms with E-state index >= 15 is 0 Å². The van der Waals surface area contributed by atoms with Gasteiger partial charge in [0.1, 0.15) is 18.2 Å². The maximum atomic E-state index is 12.6. The van der Waals surface area contributed by atoms with E-state index in [0.717, 1.165) is 35.2 Å². The van der Waals surface area contributed by atoms with E-state index in [1.54, 1.807) is 23.5 Å². The number of morpholine rings is 1. The summed E-state index contributed by atoms with van der Waals surface area (Å²) in [7, 11) is 0. The molecule has 1 N–H and O–H groups in total. The van der Waals surface area contributed by atoms with Gasteiger partial charge in [0.25, 0.3) is 5.91 Å². The molecule has 7 nitrogen and oxygen atoms in total. The van der Waals surface area contributed by atoms with E-state index < -0.39 is 0 Å². The molecular formula is C23H26N4O3S. The van der Waals surface area contributed by atoms with Gasteiger partial charge in [0.2, 0.25) is 0 Å². The van der Waals surface area contributed by atoms with Crippen molar-refractivity contribution in [2.24, 2.45) is 0 Å². The molecule has 1 amide bonds. The average Bonchev–Trinajstić information content (AvgIpc) is 3.22. The Morgan fingerprint density at radius 2 is 2.26 bits per heavy atom. The first-order valence-electron chi connectivity index (χ1n) is 10.3. The molecule has 162 valence electrons. The van der Waals surface area contributed by atoms with Crippen molar-refractivity contribution < 1.29 is 14.3 Å². The molecule has 31 heavy (non-hydrogen) atoms. The molecule has 1 aliphatic rings. The van der Waals surface area contributed by atoms with Crippen LogP contribution in [0, 0.1) is 6.92 Å². The van der Waals surface area contributed by atoms with E-state index in [1.807, 2.05) is 42.8 Å². The highest BCUT2D eigenvalue weighted by Crippen LogP contribution is 2.17. The van der Waals surface area contributed by atoms with Gasteiger partial charge in [-0.15, -0.1) is 11.3 Å². The van der Waals surface area contributed by atoms with Gasteiger partial charge in [0, 0.05) is 36.8 Å². The number of hydrogen-bond acceptors (Lipinski definition) is 7. The number of nitrogens with zero attached hydrogens (tertiary/aromatic N) is 3. The zero-order valence-electron chi connectivity index (χ0n) is 17.7. The molecule has 0 aliphatic carbocycles. The Morgan fingerprint density at radius 1 is 1.35 bits per heavy atom. The lowest BCUT2D eigenvalue weighted by Crippen LogP contribution is -2.41. The quantitative estimate of drug-likeness (QED) is 0.608. The summed E-state index contributed by atoms with van der Waals surface area (Å²) in [6, 6.07) is 11.2. The van der Waals surface area contributed by atoms with Crippen molar-refractivity contribution in [2.75, 3.05) is 24.6 Å². The minimum Gasteiger partial charge on any atom is -0.487 e. The zero-order valence-corrected chi connectivity index (χ0v) is 18.5. The molecular weight excluding hydrogens is 412 g/mol. The van der Waals surface area contributed by atoms with Crippen LogP contribution in [0.1, 0.15) is 33.5 Å². The largest absolute Gasteiger partial charge is 0.487 e. The van der Waals surface area contributed by atoms with Crippen LogP contribution in [0.5, 0.6) is 5.75 Å². The third-order valence-corrected chi connectivity index (χ3v) is 5.80. The number of amides is 1. The predicted octanol–water partition coefficient (Wildman–Crippen LogP) is 3.58. The normalized spacial score (nSPS) is 16.2. The molecule has 0 bridgehead atoms. The van der Waals surface area contributed by atoms with Crippen molar-refractivity contribution in [2.45, 2.75) is 33.1 Å². The van der Waals surface area contributed by atoms with Crippen molar-refractivity contribution in [3.8, 4) is 5.75 Å². The second-order valence-electron chi connectivity index (χ2n) is 7.51. The van der Waals surface area contributed by atoms with Crippen LogP contribution in [-0.2, 0) is 17.9 Å². The molecule has 1 fully saturated rings.